The van der Waals surface area contributed by atoms with Crippen molar-refractivity contribution < 1.29 is 4.79 Å². The third-order valence-electron chi connectivity index (χ3n) is 4.08. The van der Waals surface area contributed by atoms with Crippen LogP contribution in [-0.2, 0) is 4.79 Å². The highest BCUT2D eigenvalue weighted by atomic mass is 16.1. The van der Waals surface area contributed by atoms with Crippen molar-refractivity contribution in [1.29, 1.82) is 0 Å². The summed E-state index contributed by atoms with van der Waals surface area (Å²) in [7, 11) is 0. The van der Waals surface area contributed by atoms with E-state index in [4.69, 9.17) is 0 Å². The number of amides is 1. The fraction of sp³-hybridized carbons (Fsp3) is 0.588. The topological polar surface area (TPSA) is 32.3 Å². The SMILES string of the molecule is CCCC(C)C(=O)Nc1ccc(N2CCCC2)c(C)c1. The zero-order valence-electron chi connectivity index (χ0n) is 12.9. The molecule has 1 aromatic carbocycles. The van der Waals surface area contributed by atoms with E-state index < -0.39 is 0 Å². The first-order chi connectivity index (χ1) is 9.61. The van der Waals surface area contributed by atoms with Gasteiger partial charge in [-0.3, -0.25) is 4.79 Å². The van der Waals surface area contributed by atoms with E-state index in [0.717, 1.165) is 31.6 Å². The van der Waals surface area contributed by atoms with E-state index in [-0.39, 0.29) is 11.8 Å². The van der Waals surface area contributed by atoms with Gasteiger partial charge in [-0.2, -0.15) is 0 Å². The second-order valence-electron chi connectivity index (χ2n) is 5.87. The summed E-state index contributed by atoms with van der Waals surface area (Å²) in [6, 6.07) is 6.25. The Kier molecular flexibility index (Phi) is 5.05. The smallest absolute Gasteiger partial charge is 0.227 e. The van der Waals surface area contributed by atoms with Crippen LogP contribution in [-0.4, -0.2) is 19.0 Å². The first kappa shape index (κ1) is 14.9. The molecule has 1 aliphatic heterocycles. The molecule has 1 aliphatic rings. The van der Waals surface area contributed by atoms with Crippen LogP contribution in [0.15, 0.2) is 18.2 Å². The van der Waals surface area contributed by atoms with Gasteiger partial charge in [0.25, 0.3) is 0 Å². The number of rotatable bonds is 5. The van der Waals surface area contributed by atoms with E-state index in [9.17, 15) is 4.79 Å². The van der Waals surface area contributed by atoms with Gasteiger partial charge in [0.15, 0.2) is 0 Å². The first-order valence-electron chi connectivity index (χ1n) is 7.78. The molecule has 110 valence electrons. The van der Waals surface area contributed by atoms with Crippen molar-refractivity contribution in [2.24, 2.45) is 5.92 Å². The number of benzene rings is 1. The quantitative estimate of drug-likeness (QED) is 0.881. The lowest BCUT2D eigenvalue weighted by Gasteiger charge is -2.21. The summed E-state index contributed by atoms with van der Waals surface area (Å²) in [4.78, 5) is 14.5. The molecule has 1 unspecified atom stereocenters. The van der Waals surface area contributed by atoms with Gasteiger partial charge in [0.05, 0.1) is 0 Å². The molecule has 1 heterocycles. The van der Waals surface area contributed by atoms with Crippen LogP contribution >= 0.6 is 0 Å². The molecule has 1 aromatic rings. The molecule has 1 atom stereocenters. The van der Waals surface area contributed by atoms with Gasteiger partial charge < -0.3 is 10.2 Å². The minimum Gasteiger partial charge on any atom is -0.371 e. The van der Waals surface area contributed by atoms with Crippen LogP contribution in [0, 0.1) is 12.8 Å². The van der Waals surface area contributed by atoms with Crippen molar-refractivity contribution in [2.75, 3.05) is 23.3 Å². The Bertz CT molecular complexity index is 464. The Morgan fingerprint density at radius 3 is 2.65 bits per heavy atom. The zero-order valence-corrected chi connectivity index (χ0v) is 12.9. The minimum absolute atomic E-state index is 0.0820. The maximum atomic E-state index is 12.0. The molecule has 0 bridgehead atoms. The Morgan fingerprint density at radius 1 is 1.35 bits per heavy atom. The predicted octanol–water partition coefficient (Wildman–Crippen LogP) is 3.97. The van der Waals surface area contributed by atoms with Crippen LogP contribution < -0.4 is 10.2 Å². The minimum atomic E-state index is 0.0820. The molecule has 0 aliphatic carbocycles. The molecular weight excluding hydrogens is 248 g/mol. The number of carbonyl (C=O) groups is 1. The highest BCUT2D eigenvalue weighted by molar-refractivity contribution is 5.92. The Labute approximate surface area is 122 Å². The summed E-state index contributed by atoms with van der Waals surface area (Å²) in [5, 5.41) is 3.03. The number of hydrogen-bond acceptors (Lipinski definition) is 2. The van der Waals surface area contributed by atoms with E-state index >= 15 is 0 Å². The fourth-order valence-corrected chi connectivity index (χ4v) is 2.88. The molecule has 3 heteroatoms. The van der Waals surface area contributed by atoms with Gasteiger partial charge in [-0.25, -0.2) is 0 Å². The van der Waals surface area contributed by atoms with E-state index in [0.29, 0.717) is 0 Å². The summed E-state index contributed by atoms with van der Waals surface area (Å²) >= 11 is 0. The van der Waals surface area contributed by atoms with Gasteiger partial charge in [0, 0.05) is 30.4 Å². The molecule has 1 fully saturated rings. The van der Waals surface area contributed by atoms with E-state index in [1.165, 1.54) is 24.1 Å². The molecule has 1 saturated heterocycles. The highest BCUT2D eigenvalue weighted by Gasteiger charge is 2.16. The lowest BCUT2D eigenvalue weighted by Crippen LogP contribution is -2.21. The van der Waals surface area contributed by atoms with Crippen molar-refractivity contribution in [2.45, 2.75) is 46.5 Å². The van der Waals surface area contributed by atoms with E-state index in [2.05, 4.69) is 36.2 Å². The molecule has 1 N–H and O–H groups in total. The summed E-state index contributed by atoms with van der Waals surface area (Å²) in [5.41, 5.74) is 3.47. The maximum Gasteiger partial charge on any atom is 0.227 e. The van der Waals surface area contributed by atoms with Crippen molar-refractivity contribution in [3.63, 3.8) is 0 Å². The number of carbonyl (C=O) groups excluding carboxylic acids is 1. The van der Waals surface area contributed by atoms with Crippen LogP contribution in [0.4, 0.5) is 11.4 Å². The van der Waals surface area contributed by atoms with Crippen molar-refractivity contribution in [1.82, 2.24) is 0 Å². The van der Waals surface area contributed by atoms with Crippen molar-refractivity contribution in [3.05, 3.63) is 23.8 Å². The highest BCUT2D eigenvalue weighted by Crippen LogP contribution is 2.27. The Morgan fingerprint density at radius 2 is 2.05 bits per heavy atom. The van der Waals surface area contributed by atoms with Crippen LogP contribution in [0.25, 0.3) is 0 Å². The molecule has 20 heavy (non-hydrogen) atoms. The monoisotopic (exact) mass is 274 g/mol. The average Bonchev–Trinajstić information content (AvgIpc) is 2.93. The number of anilines is 2. The molecular formula is C17H26N2O. The van der Waals surface area contributed by atoms with Gasteiger partial charge in [0.2, 0.25) is 5.91 Å². The molecule has 1 amide bonds. The number of nitrogens with one attached hydrogen (secondary N) is 1. The molecule has 0 spiro atoms. The van der Waals surface area contributed by atoms with Crippen LogP contribution in [0.2, 0.25) is 0 Å². The average molecular weight is 274 g/mol. The molecule has 0 radical (unpaired) electrons. The third kappa shape index (κ3) is 3.53. The first-order valence-corrected chi connectivity index (χ1v) is 7.78. The lowest BCUT2D eigenvalue weighted by molar-refractivity contribution is -0.119. The van der Waals surface area contributed by atoms with Gasteiger partial charge in [-0.05, 0) is 49.9 Å². The second kappa shape index (κ2) is 6.78. The number of nitrogens with zero attached hydrogens (tertiary/aromatic N) is 1. The summed E-state index contributed by atoms with van der Waals surface area (Å²) in [6.07, 6.45) is 4.55. The summed E-state index contributed by atoms with van der Waals surface area (Å²) < 4.78 is 0. The fourth-order valence-electron chi connectivity index (χ4n) is 2.88. The van der Waals surface area contributed by atoms with Gasteiger partial charge in [0.1, 0.15) is 0 Å². The number of aryl methyl sites for hydroxylation is 1. The zero-order chi connectivity index (χ0) is 14.5. The van der Waals surface area contributed by atoms with E-state index in [1.54, 1.807) is 0 Å². The number of hydrogen-bond donors (Lipinski definition) is 1. The molecule has 0 saturated carbocycles. The summed E-state index contributed by atoms with van der Waals surface area (Å²) in [5.74, 6) is 0.207. The van der Waals surface area contributed by atoms with Gasteiger partial charge in [-0.1, -0.05) is 20.3 Å². The normalized spacial score (nSPS) is 16.2. The van der Waals surface area contributed by atoms with Gasteiger partial charge in [-0.15, -0.1) is 0 Å². The molecule has 3 nitrogen and oxygen atoms in total. The maximum absolute atomic E-state index is 12.0. The van der Waals surface area contributed by atoms with E-state index in [1.807, 2.05) is 13.0 Å². The standard InChI is InChI=1S/C17H26N2O/c1-4-7-13(2)17(20)18-15-8-9-16(14(3)12-15)19-10-5-6-11-19/h8-9,12-13H,4-7,10-11H2,1-3H3,(H,18,20). The molecule has 0 aromatic heterocycles. The van der Waals surface area contributed by atoms with Crippen LogP contribution in [0.3, 0.4) is 0 Å². The van der Waals surface area contributed by atoms with Crippen molar-refractivity contribution >= 4 is 17.3 Å². The second-order valence-corrected chi connectivity index (χ2v) is 5.87. The van der Waals surface area contributed by atoms with Crippen molar-refractivity contribution in [3.8, 4) is 0 Å². The van der Waals surface area contributed by atoms with Crippen LogP contribution in [0.5, 0.6) is 0 Å². The van der Waals surface area contributed by atoms with Crippen LogP contribution in [0.1, 0.15) is 45.1 Å². The van der Waals surface area contributed by atoms with Gasteiger partial charge >= 0.3 is 0 Å². The molecule has 2 rings (SSSR count). The lowest BCUT2D eigenvalue weighted by atomic mass is 10.1. The summed E-state index contributed by atoms with van der Waals surface area (Å²) in [6.45, 7) is 8.53. The third-order valence-corrected chi connectivity index (χ3v) is 4.08. The largest absolute Gasteiger partial charge is 0.371 e. The predicted molar refractivity (Wildman–Crippen MR) is 85.3 cm³/mol. The Balaban J connectivity index is 2.03. The Hall–Kier alpha value is -1.51.